The molecule has 0 radical (unpaired) electrons. The first kappa shape index (κ1) is 16.5. The molecule has 6 aliphatic rings. The predicted octanol–water partition coefficient (Wildman–Crippen LogP) is 2.68. The summed E-state index contributed by atoms with van der Waals surface area (Å²) in [6.07, 6.45) is 10.1. The van der Waals surface area contributed by atoms with Gasteiger partial charge in [-0.05, 0) is 69.2 Å². The van der Waals surface area contributed by atoms with E-state index in [4.69, 9.17) is 19.6 Å². The van der Waals surface area contributed by atoms with Crippen LogP contribution in [0.4, 0.5) is 0 Å². The van der Waals surface area contributed by atoms with Crippen LogP contribution in [0, 0.1) is 29.6 Å². The van der Waals surface area contributed by atoms with Gasteiger partial charge >= 0.3 is 5.97 Å². The minimum Gasteiger partial charge on any atom is -0.480 e. The molecule has 6 nitrogen and oxygen atoms in total. The lowest BCUT2D eigenvalue weighted by Crippen LogP contribution is -2.59. The topological polar surface area (TPSA) is 77.0 Å². The van der Waals surface area contributed by atoms with E-state index in [1.807, 2.05) is 0 Å². The molecule has 0 atom stereocenters. The molecule has 0 aromatic carbocycles. The maximum atomic E-state index is 10.6. The largest absolute Gasteiger partial charge is 0.480 e. The van der Waals surface area contributed by atoms with Gasteiger partial charge in [0.15, 0.2) is 0 Å². The van der Waals surface area contributed by atoms with Crippen LogP contribution in [0.25, 0.3) is 0 Å². The Bertz CT molecular complexity index is 514. The first-order chi connectivity index (χ1) is 12.1. The van der Waals surface area contributed by atoms with E-state index in [1.54, 1.807) is 0 Å². The van der Waals surface area contributed by atoms with Crippen molar-refractivity contribution in [2.45, 2.75) is 69.4 Å². The Morgan fingerprint density at radius 3 is 2.24 bits per heavy atom. The number of ether oxygens (including phenoxy) is 1. The molecule has 2 spiro atoms. The number of nitrogens with one attached hydrogen (secondary N) is 1. The van der Waals surface area contributed by atoms with E-state index >= 15 is 0 Å². The summed E-state index contributed by atoms with van der Waals surface area (Å²) in [5, 5.41) is 11.8. The van der Waals surface area contributed by atoms with Crippen molar-refractivity contribution < 1.29 is 24.4 Å². The lowest BCUT2D eigenvalue weighted by Gasteiger charge is -2.57. The van der Waals surface area contributed by atoms with E-state index in [9.17, 15) is 4.79 Å². The number of rotatable bonds is 4. The number of carbonyl (C=O) groups is 1. The predicted molar refractivity (Wildman–Crippen MR) is 88.2 cm³/mol. The summed E-state index contributed by atoms with van der Waals surface area (Å²) in [6, 6.07) is 0. The third-order valence-corrected chi connectivity index (χ3v) is 7.52. The molecule has 2 N–H and O–H groups in total. The lowest BCUT2D eigenvalue weighted by atomic mass is 9.53. The fourth-order valence-corrected chi connectivity index (χ4v) is 6.50. The Hall–Kier alpha value is -0.690. The molecule has 0 aromatic heterocycles. The van der Waals surface area contributed by atoms with E-state index in [0.29, 0.717) is 17.8 Å². The van der Waals surface area contributed by atoms with Crippen molar-refractivity contribution in [3.63, 3.8) is 0 Å². The fourth-order valence-electron chi connectivity index (χ4n) is 6.50. The molecular weight excluding hydrogens is 322 g/mol. The summed E-state index contributed by atoms with van der Waals surface area (Å²) < 4.78 is 6.69. The molecule has 5 saturated carbocycles. The third kappa shape index (κ3) is 2.73. The van der Waals surface area contributed by atoms with Crippen LogP contribution in [0.5, 0.6) is 0 Å². The molecule has 1 aliphatic heterocycles. The molecule has 6 fully saturated rings. The molecular formula is C19H29NO5. The second-order valence-electron chi connectivity index (χ2n) is 9.17. The Balaban J connectivity index is 1.21. The summed E-state index contributed by atoms with van der Waals surface area (Å²) in [6.45, 7) is 0.787. The Morgan fingerprint density at radius 1 is 1.00 bits per heavy atom. The average molecular weight is 351 g/mol. The van der Waals surface area contributed by atoms with Gasteiger partial charge in [-0.3, -0.25) is 4.79 Å². The zero-order valence-electron chi connectivity index (χ0n) is 14.7. The maximum Gasteiger partial charge on any atom is 0.317 e. The fraction of sp³-hybridized carbons (Fsp3) is 0.947. The number of carboxylic acid groups (broad SMARTS) is 1. The minimum absolute atomic E-state index is 0.0343. The second-order valence-corrected chi connectivity index (χ2v) is 9.17. The normalized spacial score (nSPS) is 50.8. The molecule has 5 aliphatic carbocycles. The maximum absolute atomic E-state index is 10.6. The van der Waals surface area contributed by atoms with Gasteiger partial charge in [0, 0.05) is 24.7 Å². The second kappa shape index (κ2) is 5.91. The highest BCUT2D eigenvalue weighted by atomic mass is 17.3. The zero-order valence-corrected chi connectivity index (χ0v) is 14.7. The molecule has 1 heterocycles. The van der Waals surface area contributed by atoms with Crippen LogP contribution in [0.3, 0.4) is 0 Å². The Kier molecular flexibility index (Phi) is 3.90. The smallest absolute Gasteiger partial charge is 0.317 e. The van der Waals surface area contributed by atoms with E-state index in [0.717, 1.165) is 44.1 Å². The summed E-state index contributed by atoms with van der Waals surface area (Å²) in [5.74, 6) is 1.46. The van der Waals surface area contributed by atoms with Crippen molar-refractivity contribution in [2.75, 3.05) is 13.1 Å². The first-order valence-corrected chi connectivity index (χ1v) is 10.1. The van der Waals surface area contributed by atoms with Crippen LogP contribution in [0.15, 0.2) is 0 Å². The molecule has 140 valence electrons. The monoisotopic (exact) mass is 351 g/mol. The Labute approximate surface area is 148 Å². The van der Waals surface area contributed by atoms with Crippen LogP contribution < -0.4 is 5.32 Å². The lowest BCUT2D eigenvalue weighted by molar-refractivity contribution is -0.390. The van der Waals surface area contributed by atoms with Crippen molar-refractivity contribution in [1.29, 1.82) is 0 Å². The van der Waals surface area contributed by atoms with E-state index < -0.39 is 17.5 Å². The number of carboxylic acids is 1. The molecule has 4 bridgehead atoms. The Morgan fingerprint density at radius 2 is 1.64 bits per heavy atom. The number of hydrogen-bond acceptors (Lipinski definition) is 5. The van der Waals surface area contributed by atoms with E-state index in [-0.39, 0.29) is 6.54 Å². The highest BCUT2D eigenvalue weighted by molar-refractivity contribution is 5.68. The minimum atomic E-state index is -0.799. The standard InChI is InChI=1S/C19H29NO5/c21-17(22)11-20-10-12-1-3-18(4-2-12)23-19(25-24-18)15-6-13-5-14(8-15)9-16(19)7-13/h12-16,20H,1-11H2,(H,21,22). The van der Waals surface area contributed by atoms with Crippen LogP contribution in [-0.2, 0) is 19.3 Å². The van der Waals surface area contributed by atoms with Crippen LogP contribution in [-0.4, -0.2) is 35.7 Å². The molecule has 25 heavy (non-hydrogen) atoms. The molecule has 6 heteroatoms. The molecule has 6 rings (SSSR count). The van der Waals surface area contributed by atoms with Crippen molar-refractivity contribution >= 4 is 5.97 Å². The van der Waals surface area contributed by atoms with Crippen LogP contribution in [0.2, 0.25) is 0 Å². The van der Waals surface area contributed by atoms with Gasteiger partial charge in [0.05, 0.1) is 6.54 Å². The van der Waals surface area contributed by atoms with Gasteiger partial charge in [-0.2, -0.15) is 9.78 Å². The van der Waals surface area contributed by atoms with Gasteiger partial charge in [-0.15, -0.1) is 0 Å². The van der Waals surface area contributed by atoms with Crippen molar-refractivity contribution in [1.82, 2.24) is 5.32 Å². The van der Waals surface area contributed by atoms with Gasteiger partial charge in [-0.1, -0.05) is 0 Å². The van der Waals surface area contributed by atoms with Gasteiger partial charge < -0.3 is 15.2 Å². The van der Waals surface area contributed by atoms with Crippen LogP contribution in [0.1, 0.15) is 57.8 Å². The third-order valence-electron chi connectivity index (χ3n) is 7.52. The summed E-state index contributed by atoms with van der Waals surface area (Å²) >= 11 is 0. The molecule has 0 aromatic rings. The van der Waals surface area contributed by atoms with E-state index in [2.05, 4.69) is 5.32 Å². The summed E-state index contributed by atoms with van der Waals surface area (Å²) in [7, 11) is 0. The SMILES string of the molecule is O=C(O)CNCC1CCC2(CC1)OOC1(O2)C2CC3CC(C2)CC1C3. The molecule has 0 amide bonds. The van der Waals surface area contributed by atoms with Gasteiger partial charge in [0.1, 0.15) is 0 Å². The first-order valence-electron chi connectivity index (χ1n) is 10.1. The summed E-state index contributed by atoms with van der Waals surface area (Å²) in [4.78, 5) is 22.6. The average Bonchev–Trinajstić information content (AvgIpc) is 2.94. The van der Waals surface area contributed by atoms with Crippen LogP contribution >= 0.6 is 0 Å². The molecule has 1 saturated heterocycles. The van der Waals surface area contributed by atoms with E-state index in [1.165, 1.54) is 32.1 Å². The quantitative estimate of drug-likeness (QED) is 0.759. The number of aliphatic carboxylic acids is 1. The highest BCUT2D eigenvalue weighted by Gasteiger charge is 2.66. The van der Waals surface area contributed by atoms with Crippen molar-refractivity contribution in [2.24, 2.45) is 29.6 Å². The highest BCUT2D eigenvalue weighted by Crippen LogP contribution is 2.63. The molecule has 0 unspecified atom stereocenters. The van der Waals surface area contributed by atoms with Crippen molar-refractivity contribution in [3.05, 3.63) is 0 Å². The van der Waals surface area contributed by atoms with Crippen molar-refractivity contribution in [3.8, 4) is 0 Å². The number of hydrogen-bond donors (Lipinski definition) is 2. The van der Waals surface area contributed by atoms with Gasteiger partial charge in [0.25, 0.3) is 0 Å². The zero-order chi connectivity index (χ0) is 17.1. The van der Waals surface area contributed by atoms with Gasteiger partial charge in [0.2, 0.25) is 11.6 Å². The van der Waals surface area contributed by atoms with Gasteiger partial charge in [-0.25, -0.2) is 0 Å². The summed E-state index contributed by atoms with van der Waals surface area (Å²) in [5.41, 5.74) is 0.